The van der Waals surface area contributed by atoms with E-state index in [9.17, 15) is 0 Å². The van der Waals surface area contributed by atoms with Gasteiger partial charge in [-0.25, -0.2) is 0 Å². The Labute approximate surface area is 89.4 Å². The molecule has 0 aromatic carbocycles. The summed E-state index contributed by atoms with van der Waals surface area (Å²) in [6, 6.07) is 0. The molecular weight excluding hydrogens is 180 g/mol. The Balaban J connectivity index is -0.000000605. The van der Waals surface area contributed by atoms with Crippen molar-refractivity contribution in [1.82, 2.24) is 0 Å². The van der Waals surface area contributed by atoms with Crippen LogP contribution in [0.1, 0.15) is 41.5 Å². The van der Waals surface area contributed by atoms with Crippen LogP contribution in [-0.2, 0) is 9.47 Å². The van der Waals surface area contributed by atoms with Crippen molar-refractivity contribution in [1.29, 1.82) is 0 Å². The Morgan fingerprint density at radius 1 is 1.21 bits per heavy atom. The first-order chi connectivity index (χ1) is 5.81. The van der Waals surface area contributed by atoms with Crippen LogP contribution in [0.4, 0.5) is 0 Å². The molecule has 0 rings (SSSR count). The van der Waals surface area contributed by atoms with Crippen molar-refractivity contribution in [3.05, 3.63) is 0 Å². The van der Waals surface area contributed by atoms with Crippen molar-refractivity contribution in [3.63, 3.8) is 0 Å². The van der Waals surface area contributed by atoms with Gasteiger partial charge in [-0.05, 0) is 13.3 Å². The molecule has 0 amide bonds. The Bertz CT molecular complexity index is 86.6. The molecule has 0 aromatic rings. The van der Waals surface area contributed by atoms with Gasteiger partial charge in [-0.2, -0.15) is 0 Å². The molecule has 0 aliphatic heterocycles. The molecule has 90 valence electrons. The smallest absolute Gasteiger partial charge is 0.0781 e. The van der Waals surface area contributed by atoms with Crippen LogP contribution in [0, 0.1) is 0 Å². The number of hydrogen-bond acceptors (Lipinski definition) is 3. The molecule has 1 N–H and O–H groups in total. The van der Waals surface area contributed by atoms with Gasteiger partial charge in [0.25, 0.3) is 0 Å². The molecular formula is C11H28O3. The van der Waals surface area contributed by atoms with E-state index in [-0.39, 0.29) is 27.6 Å². The highest BCUT2D eigenvalue weighted by Crippen LogP contribution is 1.93. The summed E-state index contributed by atoms with van der Waals surface area (Å²) in [4.78, 5) is 0. The molecule has 0 heterocycles. The monoisotopic (exact) mass is 208 g/mol. The molecule has 0 aromatic heterocycles. The summed E-state index contributed by atoms with van der Waals surface area (Å²) in [6.07, 6.45) is 2.35. The molecule has 1 unspecified atom stereocenters. The van der Waals surface area contributed by atoms with E-state index in [2.05, 4.69) is 6.92 Å². The number of hydrogen-bond donors (Lipinski definition) is 1. The van der Waals surface area contributed by atoms with Crippen LogP contribution in [-0.4, -0.2) is 37.6 Å². The van der Waals surface area contributed by atoms with Crippen molar-refractivity contribution in [2.24, 2.45) is 0 Å². The minimum Gasteiger partial charge on any atom is -0.394 e. The second-order valence-corrected chi connectivity index (χ2v) is 2.83. The molecule has 0 saturated heterocycles. The lowest BCUT2D eigenvalue weighted by Gasteiger charge is -2.11. The third-order valence-corrected chi connectivity index (χ3v) is 1.49. The van der Waals surface area contributed by atoms with Crippen LogP contribution in [0.3, 0.4) is 0 Å². The van der Waals surface area contributed by atoms with Gasteiger partial charge in [0.1, 0.15) is 0 Å². The Kier molecular flexibility index (Phi) is 21.3. The highest BCUT2D eigenvalue weighted by molar-refractivity contribution is 4.46. The van der Waals surface area contributed by atoms with Gasteiger partial charge in [0, 0.05) is 6.61 Å². The predicted octanol–water partition coefficient (Wildman–Crippen LogP) is 2.47. The van der Waals surface area contributed by atoms with E-state index in [1.165, 1.54) is 0 Å². The lowest BCUT2D eigenvalue weighted by atomic mass is 10.3. The van der Waals surface area contributed by atoms with Gasteiger partial charge >= 0.3 is 0 Å². The second kappa shape index (κ2) is 15.4. The lowest BCUT2D eigenvalue weighted by Crippen LogP contribution is -2.18. The fourth-order valence-electron chi connectivity index (χ4n) is 0.798. The highest BCUT2D eigenvalue weighted by Gasteiger charge is 2.00. The summed E-state index contributed by atoms with van der Waals surface area (Å²) in [5.41, 5.74) is 0. The average Bonchev–Trinajstić information content (AvgIpc) is 2.09. The first-order valence-electron chi connectivity index (χ1n) is 4.61. The molecule has 3 nitrogen and oxygen atoms in total. The zero-order valence-corrected chi connectivity index (χ0v) is 8.08. The van der Waals surface area contributed by atoms with Gasteiger partial charge < -0.3 is 14.6 Å². The molecule has 0 fully saturated rings. The normalized spacial score (nSPS) is 11.4. The summed E-state index contributed by atoms with van der Waals surface area (Å²) in [5, 5.41) is 8.46. The maximum atomic E-state index is 8.46. The molecule has 0 aliphatic carbocycles. The fourth-order valence-corrected chi connectivity index (χ4v) is 0.798. The van der Waals surface area contributed by atoms with Gasteiger partial charge in [-0.3, -0.25) is 0 Å². The van der Waals surface area contributed by atoms with Gasteiger partial charge in [-0.1, -0.05) is 28.2 Å². The maximum Gasteiger partial charge on any atom is 0.0781 e. The van der Waals surface area contributed by atoms with Gasteiger partial charge in [0.15, 0.2) is 0 Å². The topological polar surface area (TPSA) is 38.7 Å². The summed E-state index contributed by atoms with van der Waals surface area (Å²) in [7, 11) is 0. The van der Waals surface area contributed by atoms with Crippen molar-refractivity contribution < 1.29 is 14.6 Å². The average molecular weight is 208 g/mol. The van der Waals surface area contributed by atoms with Crippen molar-refractivity contribution in [2.75, 3.05) is 26.4 Å². The fraction of sp³-hybridized carbons (Fsp3) is 1.00. The van der Waals surface area contributed by atoms with E-state index in [1.807, 2.05) is 6.92 Å². The Morgan fingerprint density at radius 3 is 2.36 bits per heavy atom. The number of aliphatic hydroxyl groups excluding tert-OH is 1. The van der Waals surface area contributed by atoms with E-state index in [1.54, 1.807) is 0 Å². The van der Waals surface area contributed by atoms with E-state index in [0.29, 0.717) is 13.2 Å². The summed E-state index contributed by atoms with van der Waals surface area (Å²) >= 11 is 0. The number of aliphatic hydroxyl groups is 1. The predicted molar refractivity (Wildman–Crippen MR) is 61.7 cm³/mol. The second-order valence-electron chi connectivity index (χ2n) is 2.83. The van der Waals surface area contributed by atoms with Gasteiger partial charge in [0.2, 0.25) is 0 Å². The molecule has 0 spiro atoms. The van der Waals surface area contributed by atoms with Gasteiger partial charge in [-0.15, -0.1) is 0 Å². The SMILES string of the molecule is C.C.CCCCOCC(C)OCCO. The highest BCUT2D eigenvalue weighted by atomic mass is 16.5. The van der Waals surface area contributed by atoms with Gasteiger partial charge in [0.05, 0.1) is 25.9 Å². The molecule has 1 atom stereocenters. The maximum absolute atomic E-state index is 8.46. The van der Waals surface area contributed by atoms with Crippen LogP contribution < -0.4 is 0 Å². The number of rotatable bonds is 8. The summed E-state index contributed by atoms with van der Waals surface area (Å²) < 4.78 is 10.5. The van der Waals surface area contributed by atoms with Crippen molar-refractivity contribution in [3.8, 4) is 0 Å². The minimum atomic E-state index is 0. The van der Waals surface area contributed by atoms with E-state index < -0.39 is 0 Å². The Hall–Kier alpha value is -0.120. The van der Waals surface area contributed by atoms with Crippen molar-refractivity contribution >= 4 is 0 Å². The quantitative estimate of drug-likeness (QED) is 0.623. The number of unbranched alkanes of at least 4 members (excludes halogenated alkanes) is 1. The zero-order valence-electron chi connectivity index (χ0n) is 8.08. The first-order valence-corrected chi connectivity index (χ1v) is 4.61. The van der Waals surface area contributed by atoms with Crippen molar-refractivity contribution in [2.45, 2.75) is 47.6 Å². The molecule has 3 heteroatoms. The third-order valence-electron chi connectivity index (χ3n) is 1.49. The largest absolute Gasteiger partial charge is 0.394 e. The lowest BCUT2D eigenvalue weighted by molar-refractivity contribution is -0.0187. The molecule has 0 aliphatic rings. The molecule has 0 bridgehead atoms. The minimum absolute atomic E-state index is 0. The van der Waals surface area contributed by atoms with Crippen LogP contribution in [0.15, 0.2) is 0 Å². The van der Waals surface area contributed by atoms with E-state index in [0.717, 1.165) is 19.4 Å². The van der Waals surface area contributed by atoms with Crippen LogP contribution in [0.5, 0.6) is 0 Å². The van der Waals surface area contributed by atoms with Crippen LogP contribution >= 0.6 is 0 Å². The molecule has 0 radical (unpaired) electrons. The first kappa shape index (κ1) is 19.5. The standard InChI is InChI=1S/C9H20O3.2CH4/c1-3-4-6-11-8-9(2)12-7-5-10;;/h9-10H,3-8H2,1-2H3;2*1H4. The molecule has 0 saturated carbocycles. The summed E-state index contributed by atoms with van der Waals surface area (Å²) in [6.45, 7) is 6.00. The Morgan fingerprint density at radius 2 is 1.86 bits per heavy atom. The molecule has 14 heavy (non-hydrogen) atoms. The summed E-state index contributed by atoms with van der Waals surface area (Å²) in [5.74, 6) is 0. The zero-order chi connectivity index (χ0) is 9.23. The van der Waals surface area contributed by atoms with Crippen LogP contribution in [0.25, 0.3) is 0 Å². The van der Waals surface area contributed by atoms with Crippen LogP contribution in [0.2, 0.25) is 0 Å². The van der Waals surface area contributed by atoms with E-state index >= 15 is 0 Å². The number of ether oxygens (including phenoxy) is 2. The van der Waals surface area contributed by atoms with E-state index in [4.69, 9.17) is 14.6 Å². The third kappa shape index (κ3) is 14.4.